The lowest BCUT2D eigenvalue weighted by Gasteiger charge is -2.15. The highest BCUT2D eigenvalue weighted by atomic mass is 16.1. The minimum atomic E-state index is -0.277. The fourth-order valence-electron chi connectivity index (χ4n) is 2.09. The van der Waals surface area contributed by atoms with Crippen LogP contribution in [0.15, 0.2) is 0 Å². The summed E-state index contributed by atoms with van der Waals surface area (Å²) in [5.74, 6) is 0.222. The van der Waals surface area contributed by atoms with Gasteiger partial charge in [0.2, 0.25) is 0 Å². The van der Waals surface area contributed by atoms with Gasteiger partial charge in [-0.1, -0.05) is 6.92 Å². The molecule has 0 unspecified atom stereocenters. The Hall–Kier alpha value is -1.07. The molecule has 5 nitrogen and oxygen atoms in total. The van der Waals surface area contributed by atoms with Gasteiger partial charge >= 0.3 is 0 Å². The summed E-state index contributed by atoms with van der Waals surface area (Å²) < 4.78 is 0. The Labute approximate surface area is 121 Å². The third kappa shape index (κ3) is 8.17. The summed E-state index contributed by atoms with van der Waals surface area (Å²) in [6.07, 6.45) is 2.44. The fraction of sp³-hybridized carbons (Fsp3) is 0.800. The number of hydrogen-bond donors (Lipinski definition) is 2. The average molecular weight is 284 g/mol. The quantitative estimate of drug-likeness (QED) is 0.561. The van der Waals surface area contributed by atoms with E-state index in [1.807, 2.05) is 14.0 Å². The molecule has 0 aromatic rings. The maximum atomic E-state index is 11.8. The number of carbonyl (C=O) groups excluding carboxylic acids is 3. The van der Waals surface area contributed by atoms with Crippen molar-refractivity contribution in [1.82, 2.24) is 10.6 Å². The SMILES string of the molecule is CC[C@@H](CCC(=O)CN[C@@H](CCNC)C(C)=O)C(C)=O. The summed E-state index contributed by atoms with van der Waals surface area (Å²) in [5, 5.41) is 5.99. The van der Waals surface area contributed by atoms with Crippen molar-refractivity contribution in [3.63, 3.8) is 0 Å². The van der Waals surface area contributed by atoms with E-state index in [9.17, 15) is 14.4 Å². The molecule has 0 rings (SSSR count). The Balaban J connectivity index is 4.06. The lowest BCUT2D eigenvalue weighted by molar-refractivity contribution is -0.122. The van der Waals surface area contributed by atoms with Gasteiger partial charge in [-0.25, -0.2) is 0 Å². The molecule has 0 saturated carbocycles. The number of nitrogens with one attached hydrogen (secondary N) is 2. The van der Waals surface area contributed by atoms with Crippen LogP contribution >= 0.6 is 0 Å². The summed E-state index contributed by atoms with van der Waals surface area (Å²) in [6.45, 7) is 5.98. The van der Waals surface area contributed by atoms with E-state index >= 15 is 0 Å². The van der Waals surface area contributed by atoms with Crippen LogP contribution in [-0.2, 0) is 14.4 Å². The van der Waals surface area contributed by atoms with E-state index in [0.717, 1.165) is 13.0 Å². The van der Waals surface area contributed by atoms with Gasteiger partial charge in [0.25, 0.3) is 0 Å². The van der Waals surface area contributed by atoms with E-state index in [-0.39, 0.29) is 35.9 Å². The average Bonchev–Trinajstić information content (AvgIpc) is 2.38. The number of carbonyl (C=O) groups is 3. The van der Waals surface area contributed by atoms with Crippen molar-refractivity contribution >= 4 is 17.3 Å². The second-order valence-electron chi connectivity index (χ2n) is 5.23. The number of rotatable bonds is 12. The van der Waals surface area contributed by atoms with Crippen LogP contribution in [0.5, 0.6) is 0 Å². The first-order chi connectivity index (χ1) is 9.42. The summed E-state index contributed by atoms with van der Waals surface area (Å²) in [7, 11) is 1.83. The molecule has 0 aliphatic heterocycles. The molecule has 20 heavy (non-hydrogen) atoms. The summed E-state index contributed by atoms with van der Waals surface area (Å²) in [6, 6.07) is -0.277. The van der Waals surface area contributed by atoms with Crippen molar-refractivity contribution in [1.29, 1.82) is 0 Å². The van der Waals surface area contributed by atoms with Crippen molar-refractivity contribution < 1.29 is 14.4 Å². The molecular weight excluding hydrogens is 256 g/mol. The lowest BCUT2D eigenvalue weighted by Crippen LogP contribution is -2.40. The minimum absolute atomic E-state index is 0.0214. The van der Waals surface area contributed by atoms with E-state index in [1.165, 1.54) is 6.92 Å². The molecule has 0 amide bonds. The van der Waals surface area contributed by atoms with E-state index in [2.05, 4.69) is 10.6 Å². The highest BCUT2D eigenvalue weighted by Crippen LogP contribution is 2.12. The highest BCUT2D eigenvalue weighted by molar-refractivity contribution is 5.85. The first kappa shape index (κ1) is 18.9. The van der Waals surface area contributed by atoms with Crippen molar-refractivity contribution in [2.75, 3.05) is 20.1 Å². The summed E-state index contributed by atoms with van der Waals surface area (Å²) >= 11 is 0. The van der Waals surface area contributed by atoms with E-state index < -0.39 is 0 Å². The molecule has 0 spiro atoms. The normalized spacial score (nSPS) is 13.8. The van der Waals surface area contributed by atoms with E-state index in [4.69, 9.17) is 0 Å². The van der Waals surface area contributed by atoms with E-state index in [0.29, 0.717) is 19.3 Å². The predicted molar refractivity (Wildman–Crippen MR) is 79.7 cm³/mol. The first-order valence-corrected chi connectivity index (χ1v) is 7.32. The lowest BCUT2D eigenvalue weighted by atomic mass is 9.95. The van der Waals surface area contributed by atoms with Gasteiger partial charge < -0.3 is 10.6 Å². The summed E-state index contributed by atoms with van der Waals surface area (Å²) in [5.41, 5.74) is 0. The van der Waals surface area contributed by atoms with Gasteiger partial charge in [-0.05, 0) is 46.7 Å². The van der Waals surface area contributed by atoms with E-state index in [1.54, 1.807) is 6.92 Å². The number of ketones is 3. The molecule has 0 aromatic carbocycles. The third-order valence-corrected chi connectivity index (χ3v) is 3.56. The highest BCUT2D eigenvalue weighted by Gasteiger charge is 2.16. The van der Waals surface area contributed by atoms with Crippen molar-refractivity contribution in [3.05, 3.63) is 0 Å². The molecule has 5 heteroatoms. The Bertz CT molecular complexity index is 329. The zero-order chi connectivity index (χ0) is 15.5. The predicted octanol–water partition coefficient (Wildman–Crippen LogP) is 1.11. The van der Waals surface area contributed by atoms with Crippen molar-refractivity contribution in [3.8, 4) is 0 Å². The van der Waals surface area contributed by atoms with Gasteiger partial charge in [0, 0.05) is 12.3 Å². The zero-order valence-electron chi connectivity index (χ0n) is 13.1. The van der Waals surface area contributed by atoms with Crippen molar-refractivity contribution in [2.45, 2.75) is 52.5 Å². The summed E-state index contributed by atoms with van der Waals surface area (Å²) in [4.78, 5) is 34.5. The fourth-order valence-corrected chi connectivity index (χ4v) is 2.09. The van der Waals surface area contributed by atoms with Crippen LogP contribution in [0.3, 0.4) is 0 Å². The largest absolute Gasteiger partial charge is 0.320 e. The van der Waals surface area contributed by atoms with Gasteiger partial charge in [0.1, 0.15) is 17.3 Å². The first-order valence-electron chi connectivity index (χ1n) is 7.32. The molecule has 0 fully saturated rings. The number of hydrogen-bond acceptors (Lipinski definition) is 5. The zero-order valence-corrected chi connectivity index (χ0v) is 13.1. The maximum Gasteiger partial charge on any atom is 0.146 e. The minimum Gasteiger partial charge on any atom is -0.320 e. The molecule has 116 valence electrons. The van der Waals surface area contributed by atoms with Crippen LogP contribution in [0.4, 0.5) is 0 Å². The van der Waals surface area contributed by atoms with Crippen LogP contribution in [-0.4, -0.2) is 43.5 Å². The standard InChI is InChI=1S/C15H28N2O3/c1-5-13(11(2)18)6-7-14(20)10-17-15(12(3)19)8-9-16-4/h13,15-17H,5-10H2,1-4H3/t13-,15-/m0/s1. The van der Waals surface area contributed by atoms with Crippen LogP contribution in [0, 0.1) is 5.92 Å². The van der Waals surface area contributed by atoms with Crippen LogP contribution < -0.4 is 10.6 Å². The second-order valence-corrected chi connectivity index (χ2v) is 5.23. The molecule has 0 aliphatic rings. The monoisotopic (exact) mass is 284 g/mol. The van der Waals surface area contributed by atoms with Gasteiger partial charge in [0.05, 0.1) is 12.6 Å². The molecule has 0 heterocycles. The maximum absolute atomic E-state index is 11.8. The molecule has 0 aromatic heterocycles. The topological polar surface area (TPSA) is 75.3 Å². The third-order valence-electron chi connectivity index (χ3n) is 3.56. The Kier molecular flexibility index (Phi) is 10.1. The Morgan fingerprint density at radius 1 is 1.05 bits per heavy atom. The van der Waals surface area contributed by atoms with Gasteiger partial charge in [-0.2, -0.15) is 0 Å². The molecule has 0 aliphatic carbocycles. The van der Waals surface area contributed by atoms with Crippen LogP contribution in [0.2, 0.25) is 0 Å². The molecule has 0 radical (unpaired) electrons. The van der Waals surface area contributed by atoms with Crippen LogP contribution in [0.25, 0.3) is 0 Å². The molecule has 0 bridgehead atoms. The van der Waals surface area contributed by atoms with Gasteiger partial charge in [-0.3, -0.25) is 14.4 Å². The Morgan fingerprint density at radius 2 is 1.70 bits per heavy atom. The molecular formula is C15H28N2O3. The Morgan fingerprint density at radius 3 is 2.15 bits per heavy atom. The number of Topliss-reactive ketones (excluding diaryl/α,β-unsaturated/α-hetero) is 3. The van der Waals surface area contributed by atoms with Crippen LogP contribution in [0.1, 0.15) is 46.5 Å². The van der Waals surface area contributed by atoms with Gasteiger partial charge in [0.15, 0.2) is 0 Å². The molecule has 0 saturated heterocycles. The second kappa shape index (κ2) is 10.7. The molecule has 2 N–H and O–H groups in total. The van der Waals surface area contributed by atoms with Crippen molar-refractivity contribution in [2.24, 2.45) is 5.92 Å². The van der Waals surface area contributed by atoms with Gasteiger partial charge in [-0.15, -0.1) is 0 Å². The smallest absolute Gasteiger partial charge is 0.146 e. The molecule has 2 atom stereocenters.